The van der Waals surface area contributed by atoms with Gasteiger partial charge in [0.05, 0.1) is 12.0 Å². The van der Waals surface area contributed by atoms with E-state index in [2.05, 4.69) is 5.32 Å². The molecule has 0 unspecified atom stereocenters. The van der Waals surface area contributed by atoms with Gasteiger partial charge >= 0.3 is 0 Å². The highest BCUT2D eigenvalue weighted by Gasteiger charge is 2.30. The zero-order valence-electron chi connectivity index (χ0n) is 11.0. The minimum Gasteiger partial charge on any atom is -0.388 e. The summed E-state index contributed by atoms with van der Waals surface area (Å²) >= 11 is 11.8. The van der Waals surface area contributed by atoms with Gasteiger partial charge in [-0.05, 0) is 17.7 Å². The summed E-state index contributed by atoms with van der Waals surface area (Å²) in [6, 6.07) is 5.03. The van der Waals surface area contributed by atoms with Gasteiger partial charge in [-0.3, -0.25) is 4.79 Å². The molecule has 1 aromatic carbocycles. The van der Waals surface area contributed by atoms with Crippen molar-refractivity contribution >= 4 is 29.1 Å². The second-order valence-corrected chi connectivity index (χ2v) is 5.87. The molecule has 20 heavy (non-hydrogen) atoms. The highest BCUT2D eigenvalue weighted by Crippen LogP contribution is 2.22. The Labute approximate surface area is 128 Å². The zero-order valence-corrected chi connectivity index (χ0v) is 12.5. The highest BCUT2D eigenvalue weighted by molar-refractivity contribution is 6.35. The standard InChI is InChI=1S/C14H17Cl2NO3/c15-11-2-1-10(12(16)8-11)7-13(18)17-9-14(19)3-5-20-6-4-14/h1-2,8,19H,3-7,9H2,(H,17,18). The first-order valence-electron chi connectivity index (χ1n) is 6.49. The average Bonchev–Trinajstić information content (AvgIpc) is 2.41. The molecule has 2 N–H and O–H groups in total. The normalized spacial score (nSPS) is 17.8. The van der Waals surface area contributed by atoms with Gasteiger partial charge in [-0.25, -0.2) is 0 Å². The lowest BCUT2D eigenvalue weighted by atomic mass is 9.94. The third kappa shape index (κ3) is 4.35. The third-order valence-electron chi connectivity index (χ3n) is 3.40. The Kier molecular flexibility index (Phi) is 5.27. The molecular formula is C14H17Cl2NO3. The lowest BCUT2D eigenvalue weighted by Crippen LogP contribution is -2.46. The van der Waals surface area contributed by atoms with Crippen molar-refractivity contribution in [3.63, 3.8) is 0 Å². The van der Waals surface area contributed by atoms with E-state index >= 15 is 0 Å². The van der Waals surface area contributed by atoms with Crippen molar-refractivity contribution in [3.05, 3.63) is 33.8 Å². The van der Waals surface area contributed by atoms with Crippen LogP contribution in [-0.2, 0) is 16.0 Å². The van der Waals surface area contributed by atoms with E-state index in [1.54, 1.807) is 18.2 Å². The summed E-state index contributed by atoms with van der Waals surface area (Å²) in [5.41, 5.74) is -0.148. The number of nitrogens with one attached hydrogen (secondary N) is 1. The topological polar surface area (TPSA) is 58.6 Å². The van der Waals surface area contributed by atoms with Gasteiger partial charge < -0.3 is 15.2 Å². The summed E-state index contributed by atoms with van der Waals surface area (Å²) in [4.78, 5) is 11.9. The van der Waals surface area contributed by atoms with Gasteiger partial charge in [-0.2, -0.15) is 0 Å². The van der Waals surface area contributed by atoms with Crippen LogP contribution in [-0.4, -0.2) is 36.4 Å². The fourth-order valence-corrected chi connectivity index (χ4v) is 2.57. The summed E-state index contributed by atoms with van der Waals surface area (Å²) in [7, 11) is 0. The van der Waals surface area contributed by atoms with Crippen LogP contribution in [0.25, 0.3) is 0 Å². The van der Waals surface area contributed by atoms with Crippen LogP contribution in [0.2, 0.25) is 10.0 Å². The lowest BCUT2D eigenvalue weighted by Gasteiger charge is -2.32. The number of rotatable bonds is 4. The molecule has 2 rings (SSSR count). The van der Waals surface area contributed by atoms with Crippen LogP contribution in [0.1, 0.15) is 18.4 Å². The molecule has 0 atom stereocenters. The van der Waals surface area contributed by atoms with E-state index in [1.807, 2.05) is 0 Å². The van der Waals surface area contributed by atoms with E-state index in [0.717, 1.165) is 0 Å². The molecule has 1 saturated heterocycles. The minimum absolute atomic E-state index is 0.169. The number of carbonyl (C=O) groups excluding carboxylic acids is 1. The maximum atomic E-state index is 11.9. The fraction of sp³-hybridized carbons (Fsp3) is 0.500. The van der Waals surface area contributed by atoms with E-state index in [9.17, 15) is 9.90 Å². The Morgan fingerprint density at radius 2 is 2.05 bits per heavy atom. The molecule has 0 saturated carbocycles. The summed E-state index contributed by atoms with van der Waals surface area (Å²) in [5, 5.41) is 14.0. The highest BCUT2D eigenvalue weighted by atomic mass is 35.5. The second kappa shape index (κ2) is 6.76. The van der Waals surface area contributed by atoms with E-state index in [-0.39, 0.29) is 18.9 Å². The van der Waals surface area contributed by atoms with Gasteiger partial charge in [0, 0.05) is 42.6 Å². The largest absolute Gasteiger partial charge is 0.388 e. The molecule has 1 aromatic rings. The number of benzene rings is 1. The minimum atomic E-state index is -0.863. The quantitative estimate of drug-likeness (QED) is 0.895. The SMILES string of the molecule is O=C(Cc1ccc(Cl)cc1Cl)NCC1(O)CCOCC1. The Bertz CT molecular complexity index is 487. The van der Waals surface area contributed by atoms with Crippen LogP contribution in [0, 0.1) is 0 Å². The average molecular weight is 318 g/mol. The number of aliphatic hydroxyl groups is 1. The molecule has 0 aliphatic carbocycles. The number of hydrogen-bond donors (Lipinski definition) is 2. The smallest absolute Gasteiger partial charge is 0.224 e. The monoisotopic (exact) mass is 317 g/mol. The van der Waals surface area contributed by atoms with Gasteiger partial charge in [-0.1, -0.05) is 29.3 Å². The zero-order chi connectivity index (χ0) is 14.6. The van der Waals surface area contributed by atoms with E-state index in [4.69, 9.17) is 27.9 Å². The van der Waals surface area contributed by atoms with E-state index < -0.39 is 5.60 Å². The first-order chi connectivity index (χ1) is 9.48. The van der Waals surface area contributed by atoms with Gasteiger partial charge in [0.25, 0.3) is 0 Å². The van der Waals surface area contributed by atoms with Gasteiger partial charge in [0.15, 0.2) is 0 Å². The fourth-order valence-electron chi connectivity index (χ4n) is 2.09. The van der Waals surface area contributed by atoms with Gasteiger partial charge in [-0.15, -0.1) is 0 Å². The van der Waals surface area contributed by atoms with Crippen molar-refractivity contribution in [2.45, 2.75) is 24.9 Å². The van der Waals surface area contributed by atoms with E-state index in [0.29, 0.717) is 41.7 Å². The summed E-state index contributed by atoms with van der Waals surface area (Å²) in [6.45, 7) is 1.28. The number of hydrogen-bond acceptors (Lipinski definition) is 3. The van der Waals surface area contributed by atoms with Crippen LogP contribution in [0.3, 0.4) is 0 Å². The number of carbonyl (C=O) groups is 1. The molecule has 0 radical (unpaired) electrons. The summed E-state index contributed by atoms with van der Waals surface area (Å²) in [6.07, 6.45) is 1.24. The van der Waals surface area contributed by atoms with Crippen LogP contribution < -0.4 is 5.32 Å². The second-order valence-electron chi connectivity index (χ2n) is 5.03. The lowest BCUT2D eigenvalue weighted by molar-refractivity contribution is -0.123. The molecule has 6 heteroatoms. The van der Waals surface area contributed by atoms with Crippen LogP contribution in [0.15, 0.2) is 18.2 Å². The summed E-state index contributed by atoms with van der Waals surface area (Å²) in [5.74, 6) is -0.172. The van der Waals surface area contributed by atoms with Crippen molar-refractivity contribution in [2.24, 2.45) is 0 Å². The molecule has 110 valence electrons. The first kappa shape index (κ1) is 15.6. The molecule has 0 spiro atoms. The molecular weight excluding hydrogens is 301 g/mol. The number of amides is 1. The Balaban J connectivity index is 1.86. The predicted molar refractivity (Wildman–Crippen MR) is 78.2 cm³/mol. The molecule has 4 nitrogen and oxygen atoms in total. The van der Waals surface area contributed by atoms with Crippen molar-refractivity contribution in [2.75, 3.05) is 19.8 Å². The van der Waals surface area contributed by atoms with Crippen molar-refractivity contribution in [1.82, 2.24) is 5.32 Å². The predicted octanol–water partition coefficient (Wildman–Crippen LogP) is 2.19. The van der Waals surface area contributed by atoms with Gasteiger partial charge in [0.1, 0.15) is 0 Å². The molecule has 1 aliphatic heterocycles. The molecule has 0 aromatic heterocycles. The van der Waals surface area contributed by atoms with Crippen LogP contribution in [0.4, 0.5) is 0 Å². The number of ether oxygens (including phenoxy) is 1. The third-order valence-corrected chi connectivity index (χ3v) is 3.99. The van der Waals surface area contributed by atoms with E-state index in [1.165, 1.54) is 0 Å². The maximum Gasteiger partial charge on any atom is 0.224 e. The first-order valence-corrected chi connectivity index (χ1v) is 7.25. The van der Waals surface area contributed by atoms with Crippen molar-refractivity contribution in [3.8, 4) is 0 Å². The number of halogens is 2. The molecule has 1 heterocycles. The molecule has 1 fully saturated rings. The van der Waals surface area contributed by atoms with Crippen LogP contribution in [0.5, 0.6) is 0 Å². The summed E-state index contributed by atoms with van der Waals surface area (Å²) < 4.78 is 5.19. The van der Waals surface area contributed by atoms with Crippen molar-refractivity contribution < 1.29 is 14.6 Å². The molecule has 0 bridgehead atoms. The maximum absolute atomic E-state index is 11.9. The Hall–Kier alpha value is -0.810. The van der Waals surface area contributed by atoms with Crippen LogP contribution >= 0.6 is 23.2 Å². The van der Waals surface area contributed by atoms with Gasteiger partial charge in [0.2, 0.25) is 5.91 Å². The molecule has 1 aliphatic rings. The molecule has 1 amide bonds. The Morgan fingerprint density at radius 3 is 2.70 bits per heavy atom. The van der Waals surface area contributed by atoms with Crippen molar-refractivity contribution in [1.29, 1.82) is 0 Å². The Morgan fingerprint density at radius 1 is 1.35 bits per heavy atom.